The minimum atomic E-state index is -3.89. The number of ketones is 1. The average molecular weight is 398 g/mol. The summed E-state index contributed by atoms with van der Waals surface area (Å²) in [5, 5.41) is 0. The van der Waals surface area contributed by atoms with Crippen LogP contribution < -0.4 is 5.73 Å². The SMILES string of the molecule is NC(=O)C1CCN(C(=O)c2ccc3c(c2)S(=O)(=O)c2ccccc2C3=O)CC1. The summed E-state index contributed by atoms with van der Waals surface area (Å²) in [4.78, 5) is 38.2. The normalized spacial score (nSPS) is 18.3. The molecule has 2 aliphatic rings. The second-order valence-corrected chi connectivity index (χ2v) is 8.90. The van der Waals surface area contributed by atoms with Crippen LogP contribution in [0.3, 0.4) is 0 Å². The van der Waals surface area contributed by atoms with Gasteiger partial charge in [0, 0.05) is 35.7 Å². The van der Waals surface area contributed by atoms with Crippen LogP contribution in [-0.4, -0.2) is 44.0 Å². The van der Waals surface area contributed by atoms with Crippen molar-refractivity contribution in [3.05, 3.63) is 59.2 Å². The number of amides is 2. The zero-order valence-corrected chi connectivity index (χ0v) is 15.7. The van der Waals surface area contributed by atoms with Gasteiger partial charge in [0.25, 0.3) is 5.91 Å². The van der Waals surface area contributed by atoms with Crippen LogP contribution in [0.25, 0.3) is 0 Å². The molecule has 0 radical (unpaired) electrons. The minimum Gasteiger partial charge on any atom is -0.369 e. The molecule has 144 valence electrons. The second kappa shape index (κ2) is 6.56. The van der Waals surface area contributed by atoms with Gasteiger partial charge in [-0.15, -0.1) is 0 Å². The molecular formula is C20H18N2O5S. The van der Waals surface area contributed by atoms with E-state index in [0.717, 1.165) is 0 Å². The van der Waals surface area contributed by atoms with Crippen molar-refractivity contribution in [2.75, 3.05) is 13.1 Å². The summed E-state index contributed by atoms with van der Waals surface area (Å²) in [7, 11) is -3.89. The number of rotatable bonds is 2. The van der Waals surface area contributed by atoms with Crippen molar-refractivity contribution in [3.8, 4) is 0 Å². The molecule has 0 atom stereocenters. The summed E-state index contributed by atoms with van der Waals surface area (Å²) in [6.07, 6.45) is 0.965. The zero-order chi connectivity index (χ0) is 20.1. The first-order valence-electron chi connectivity index (χ1n) is 8.92. The van der Waals surface area contributed by atoms with Crippen molar-refractivity contribution in [2.45, 2.75) is 22.6 Å². The number of likely N-dealkylation sites (tertiary alicyclic amines) is 1. The maximum atomic E-state index is 13.0. The number of primary amides is 1. The van der Waals surface area contributed by atoms with Gasteiger partial charge in [-0.25, -0.2) is 8.42 Å². The number of piperidine rings is 1. The third-order valence-electron chi connectivity index (χ3n) is 5.37. The van der Waals surface area contributed by atoms with E-state index in [1.165, 1.54) is 30.3 Å². The average Bonchev–Trinajstić information content (AvgIpc) is 2.71. The largest absolute Gasteiger partial charge is 0.369 e. The summed E-state index contributed by atoms with van der Waals surface area (Å²) < 4.78 is 26.0. The smallest absolute Gasteiger partial charge is 0.253 e. The van der Waals surface area contributed by atoms with Gasteiger partial charge in [-0.1, -0.05) is 12.1 Å². The van der Waals surface area contributed by atoms with Crippen LogP contribution in [0, 0.1) is 5.92 Å². The lowest BCUT2D eigenvalue weighted by atomic mass is 9.95. The number of hydrogen-bond acceptors (Lipinski definition) is 5. The topological polar surface area (TPSA) is 115 Å². The molecule has 28 heavy (non-hydrogen) atoms. The second-order valence-electron chi connectivity index (χ2n) is 7.01. The predicted octanol–water partition coefficient (Wildman–Crippen LogP) is 1.40. The highest BCUT2D eigenvalue weighted by atomic mass is 32.2. The Morgan fingerprint density at radius 3 is 2.29 bits per heavy atom. The molecule has 2 N–H and O–H groups in total. The van der Waals surface area contributed by atoms with Gasteiger partial charge < -0.3 is 10.6 Å². The van der Waals surface area contributed by atoms with Gasteiger partial charge in [-0.2, -0.15) is 0 Å². The molecule has 2 heterocycles. The molecule has 4 rings (SSSR count). The van der Waals surface area contributed by atoms with E-state index in [9.17, 15) is 22.8 Å². The van der Waals surface area contributed by atoms with E-state index < -0.39 is 9.84 Å². The van der Waals surface area contributed by atoms with Crippen LogP contribution in [-0.2, 0) is 14.6 Å². The molecule has 7 nitrogen and oxygen atoms in total. The lowest BCUT2D eigenvalue weighted by molar-refractivity contribution is -0.123. The zero-order valence-electron chi connectivity index (χ0n) is 14.9. The summed E-state index contributed by atoms with van der Waals surface area (Å²) in [6.45, 7) is 0.746. The highest BCUT2D eigenvalue weighted by molar-refractivity contribution is 7.91. The molecule has 1 fully saturated rings. The van der Waals surface area contributed by atoms with E-state index in [2.05, 4.69) is 0 Å². The molecule has 2 aliphatic heterocycles. The Balaban J connectivity index is 1.68. The highest BCUT2D eigenvalue weighted by Gasteiger charge is 2.35. The van der Waals surface area contributed by atoms with E-state index in [1.54, 1.807) is 17.0 Å². The van der Waals surface area contributed by atoms with Gasteiger partial charge in [0.05, 0.1) is 9.79 Å². The minimum absolute atomic E-state index is 0.0422. The standard InChI is InChI=1S/C20H18N2O5S/c21-19(24)12-7-9-22(10-8-12)20(25)13-5-6-15-17(11-13)28(26,27)16-4-2-1-3-14(16)18(15)23/h1-6,11-12H,7-10H2,(H2,21,24). The Morgan fingerprint density at radius 2 is 1.61 bits per heavy atom. The molecular weight excluding hydrogens is 380 g/mol. The van der Waals surface area contributed by atoms with Crippen LogP contribution >= 0.6 is 0 Å². The van der Waals surface area contributed by atoms with Gasteiger partial charge in [-0.05, 0) is 43.2 Å². The summed E-state index contributed by atoms with van der Waals surface area (Å²) in [5.74, 6) is -1.32. The third-order valence-corrected chi connectivity index (χ3v) is 7.22. The summed E-state index contributed by atoms with van der Waals surface area (Å²) in [6, 6.07) is 10.2. The van der Waals surface area contributed by atoms with Crippen LogP contribution in [0.2, 0.25) is 0 Å². The Hall–Kier alpha value is -3.00. The van der Waals surface area contributed by atoms with Gasteiger partial charge >= 0.3 is 0 Å². The third kappa shape index (κ3) is 2.80. The first-order valence-corrected chi connectivity index (χ1v) is 10.4. The Bertz CT molecular complexity index is 1120. The molecule has 2 aromatic rings. The monoisotopic (exact) mass is 398 g/mol. The number of nitrogens with two attached hydrogens (primary N) is 1. The number of carbonyl (C=O) groups is 3. The Labute approximate surface area is 162 Å². The van der Waals surface area contributed by atoms with Crippen molar-refractivity contribution in [1.29, 1.82) is 0 Å². The first-order chi connectivity index (χ1) is 13.3. The molecule has 0 spiro atoms. The van der Waals surface area contributed by atoms with E-state index in [1.807, 2.05) is 0 Å². The molecule has 8 heteroatoms. The molecule has 2 amide bonds. The van der Waals surface area contributed by atoms with Gasteiger partial charge in [0.15, 0.2) is 5.78 Å². The van der Waals surface area contributed by atoms with Crippen LogP contribution in [0.15, 0.2) is 52.3 Å². The molecule has 0 unspecified atom stereocenters. The van der Waals surface area contributed by atoms with Gasteiger partial charge in [0.1, 0.15) is 0 Å². The summed E-state index contributed by atoms with van der Waals surface area (Å²) in [5.41, 5.74) is 5.73. The van der Waals surface area contributed by atoms with Gasteiger partial charge in [-0.3, -0.25) is 14.4 Å². The van der Waals surface area contributed by atoms with Crippen molar-refractivity contribution in [2.24, 2.45) is 11.7 Å². The lowest BCUT2D eigenvalue weighted by Gasteiger charge is -2.31. The lowest BCUT2D eigenvalue weighted by Crippen LogP contribution is -2.41. The number of carbonyl (C=O) groups excluding carboxylic acids is 3. The molecule has 1 saturated heterocycles. The number of fused-ring (bicyclic) bond motifs is 2. The number of nitrogens with zero attached hydrogens (tertiary/aromatic N) is 1. The number of benzene rings is 2. The molecule has 0 aromatic heterocycles. The van der Waals surface area contributed by atoms with E-state index in [-0.39, 0.29) is 50.0 Å². The van der Waals surface area contributed by atoms with E-state index in [4.69, 9.17) is 5.73 Å². The molecule has 0 bridgehead atoms. The molecule has 0 aliphatic carbocycles. The fourth-order valence-electron chi connectivity index (χ4n) is 3.77. The Kier molecular flexibility index (Phi) is 4.30. The summed E-state index contributed by atoms with van der Waals surface area (Å²) >= 11 is 0. The predicted molar refractivity (Wildman–Crippen MR) is 99.6 cm³/mol. The van der Waals surface area contributed by atoms with Crippen LogP contribution in [0.4, 0.5) is 0 Å². The maximum absolute atomic E-state index is 13.0. The molecule has 0 saturated carbocycles. The Morgan fingerprint density at radius 1 is 0.964 bits per heavy atom. The first kappa shape index (κ1) is 18.4. The fraction of sp³-hybridized carbons (Fsp3) is 0.250. The quantitative estimate of drug-likeness (QED) is 0.701. The van der Waals surface area contributed by atoms with Crippen LogP contribution in [0.5, 0.6) is 0 Å². The van der Waals surface area contributed by atoms with Crippen molar-refractivity contribution in [1.82, 2.24) is 4.90 Å². The fourth-order valence-corrected chi connectivity index (χ4v) is 5.44. The van der Waals surface area contributed by atoms with Crippen molar-refractivity contribution in [3.63, 3.8) is 0 Å². The van der Waals surface area contributed by atoms with E-state index in [0.29, 0.717) is 25.9 Å². The molecule has 2 aromatic carbocycles. The number of sulfone groups is 1. The van der Waals surface area contributed by atoms with E-state index >= 15 is 0 Å². The van der Waals surface area contributed by atoms with Gasteiger partial charge in [0.2, 0.25) is 15.7 Å². The van der Waals surface area contributed by atoms with Crippen molar-refractivity contribution < 1.29 is 22.8 Å². The number of hydrogen-bond donors (Lipinski definition) is 1. The highest BCUT2D eigenvalue weighted by Crippen LogP contribution is 2.35. The van der Waals surface area contributed by atoms with Crippen molar-refractivity contribution >= 4 is 27.4 Å². The maximum Gasteiger partial charge on any atom is 0.253 e. The van der Waals surface area contributed by atoms with Crippen LogP contribution in [0.1, 0.15) is 39.1 Å².